The molecule has 2 aromatic carbocycles. The van der Waals surface area contributed by atoms with E-state index in [1.165, 1.54) is 6.20 Å². The maximum absolute atomic E-state index is 12.7. The molecule has 1 amide bonds. The van der Waals surface area contributed by atoms with E-state index >= 15 is 0 Å². The highest BCUT2D eigenvalue weighted by atomic mass is 19.4. The largest absolute Gasteiger partial charge is 0.452 e. The number of rotatable bonds is 5. The minimum absolute atomic E-state index is 0.224. The third-order valence-corrected chi connectivity index (χ3v) is 4.25. The fourth-order valence-electron chi connectivity index (χ4n) is 2.86. The number of nitrogens with zero attached hydrogens (tertiary/aromatic N) is 2. The SMILES string of the molecule is Cn1cc(C(=O)OCC(=O)Nc2ccc(C(F)(F)F)cc2[N+](=O)[O-])c2ccccc21. The molecule has 0 radical (unpaired) electrons. The first-order chi connectivity index (χ1) is 14.1. The number of aryl methyl sites for hydroxylation is 1. The lowest BCUT2D eigenvalue weighted by Crippen LogP contribution is -2.21. The number of para-hydroxylation sites is 1. The third kappa shape index (κ3) is 4.24. The lowest BCUT2D eigenvalue weighted by atomic mass is 10.1. The summed E-state index contributed by atoms with van der Waals surface area (Å²) in [5.74, 6) is -1.73. The number of aromatic nitrogens is 1. The van der Waals surface area contributed by atoms with Crippen LogP contribution in [0.5, 0.6) is 0 Å². The highest BCUT2D eigenvalue weighted by Crippen LogP contribution is 2.35. The molecular formula is C19H14F3N3O5. The van der Waals surface area contributed by atoms with Crippen LogP contribution in [0.15, 0.2) is 48.7 Å². The van der Waals surface area contributed by atoms with Crippen LogP contribution in [0, 0.1) is 10.1 Å². The molecule has 0 fully saturated rings. The molecule has 11 heteroatoms. The Kier molecular flexibility index (Phi) is 5.45. The molecule has 30 heavy (non-hydrogen) atoms. The molecule has 1 heterocycles. The summed E-state index contributed by atoms with van der Waals surface area (Å²) in [7, 11) is 1.73. The summed E-state index contributed by atoms with van der Waals surface area (Å²) in [5, 5.41) is 13.8. The Morgan fingerprint density at radius 1 is 1.20 bits per heavy atom. The van der Waals surface area contributed by atoms with Crippen LogP contribution in [0.1, 0.15) is 15.9 Å². The van der Waals surface area contributed by atoms with Gasteiger partial charge in [-0.15, -0.1) is 0 Å². The molecule has 0 aliphatic rings. The standard InChI is InChI=1S/C19H14F3N3O5/c1-24-9-13(12-4-2-3-5-15(12)24)18(27)30-10-17(26)23-14-7-6-11(19(20,21)22)8-16(14)25(28)29/h2-9H,10H2,1H3,(H,23,26). The second-order valence-electron chi connectivity index (χ2n) is 6.28. The van der Waals surface area contributed by atoms with Crippen molar-refractivity contribution >= 4 is 34.2 Å². The molecule has 8 nitrogen and oxygen atoms in total. The second kappa shape index (κ2) is 7.85. The number of ether oxygens (including phenoxy) is 1. The molecule has 0 spiro atoms. The van der Waals surface area contributed by atoms with Gasteiger partial charge in [0.1, 0.15) is 5.69 Å². The van der Waals surface area contributed by atoms with Crippen LogP contribution in [-0.2, 0) is 22.8 Å². The quantitative estimate of drug-likeness (QED) is 0.382. The summed E-state index contributed by atoms with van der Waals surface area (Å²) in [6, 6.07) is 8.71. The zero-order chi connectivity index (χ0) is 22.1. The number of alkyl halides is 3. The van der Waals surface area contributed by atoms with Crippen LogP contribution in [0.4, 0.5) is 24.5 Å². The average Bonchev–Trinajstić information content (AvgIpc) is 3.02. The zero-order valence-corrected chi connectivity index (χ0v) is 15.4. The van der Waals surface area contributed by atoms with Gasteiger partial charge in [0.05, 0.1) is 16.1 Å². The van der Waals surface area contributed by atoms with Crippen molar-refractivity contribution in [1.82, 2.24) is 4.57 Å². The van der Waals surface area contributed by atoms with Crippen LogP contribution in [-0.4, -0.2) is 28.0 Å². The number of hydrogen-bond donors (Lipinski definition) is 1. The van der Waals surface area contributed by atoms with Gasteiger partial charge in [-0.05, 0) is 18.2 Å². The average molecular weight is 421 g/mol. The number of benzene rings is 2. The molecule has 1 N–H and O–H groups in total. The van der Waals surface area contributed by atoms with Crippen molar-refractivity contribution in [1.29, 1.82) is 0 Å². The Balaban J connectivity index is 1.71. The molecule has 0 atom stereocenters. The summed E-state index contributed by atoms with van der Waals surface area (Å²) < 4.78 is 44.9. The van der Waals surface area contributed by atoms with Crippen LogP contribution in [0.2, 0.25) is 0 Å². The lowest BCUT2D eigenvalue weighted by molar-refractivity contribution is -0.384. The molecule has 0 aliphatic heterocycles. The first kappa shape index (κ1) is 20.8. The zero-order valence-electron chi connectivity index (χ0n) is 15.4. The summed E-state index contributed by atoms with van der Waals surface area (Å²) in [5.41, 5.74) is -1.61. The van der Waals surface area contributed by atoms with Crippen molar-refractivity contribution in [2.45, 2.75) is 6.18 Å². The number of fused-ring (bicyclic) bond motifs is 1. The number of hydrogen-bond acceptors (Lipinski definition) is 5. The summed E-state index contributed by atoms with van der Waals surface area (Å²) in [4.78, 5) is 34.4. The van der Waals surface area contributed by atoms with Crippen molar-refractivity contribution < 1.29 is 32.4 Å². The van der Waals surface area contributed by atoms with E-state index in [0.717, 1.165) is 11.6 Å². The number of nitro groups is 1. The van der Waals surface area contributed by atoms with E-state index in [2.05, 4.69) is 5.32 Å². The summed E-state index contributed by atoms with van der Waals surface area (Å²) in [6.07, 6.45) is -3.24. The summed E-state index contributed by atoms with van der Waals surface area (Å²) in [6.45, 7) is -0.778. The van der Waals surface area contributed by atoms with E-state index in [0.29, 0.717) is 17.5 Å². The van der Waals surface area contributed by atoms with E-state index in [1.54, 1.807) is 35.9 Å². The van der Waals surface area contributed by atoms with E-state index in [4.69, 9.17) is 4.74 Å². The predicted octanol–water partition coefficient (Wildman–Crippen LogP) is 3.90. The van der Waals surface area contributed by atoms with Gasteiger partial charge >= 0.3 is 12.1 Å². The summed E-state index contributed by atoms with van der Waals surface area (Å²) >= 11 is 0. The smallest absolute Gasteiger partial charge is 0.416 e. The fourth-order valence-corrected chi connectivity index (χ4v) is 2.86. The molecular weight excluding hydrogens is 407 g/mol. The molecule has 0 aliphatic carbocycles. The third-order valence-electron chi connectivity index (χ3n) is 4.25. The monoisotopic (exact) mass is 421 g/mol. The first-order valence-corrected chi connectivity index (χ1v) is 8.44. The van der Waals surface area contributed by atoms with Gasteiger partial charge in [0, 0.05) is 30.2 Å². The van der Waals surface area contributed by atoms with Crippen LogP contribution in [0.25, 0.3) is 10.9 Å². The van der Waals surface area contributed by atoms with Gasteiger partial charge < -0.3 is 14.6 Å². The molecule has 3 aromatic rings. The van der Waals surface area contributed by atoms with Crippen molar-refractivity contribution in [2.24, 2.45) is 7.05 Å². The van der Waals surface area contributed by atoms with Gasteiger partial charge in [-0.2, -0.15) is 13.2 Å². The Labute approximate surface area is 167 Å². The number of anilines is 1. The van der Waals surface area contributed by atoms with Gasteiger partial charge in [-0.25, -0.2) is 4.79 Å². The second-order valence-corrected chi connectivity index (χ2v) is 6.28. The number of amides is 1. The van der Waals surface area contributed by atoms with Gasteiger partial charge in [0.2, 0.25) is 0 Å². The Morgan fingerprint density at radius 3 is 2.57 bits per heavy atom. The van der Waals surface area contributed by atoms with Gasteiger partial charge in [0.25, 0.3) is 11.6 Å². The van der Waals surface area contributed by atoms with Crippen LogP contribution in [0.3, 0.4) is 0 Å². The van der Waals surface area contributed by atoms with E-state index in [-0.39, 0.29) is 5.56 Å². The van der Waals surface area contributed by atoms with E-state index in [1.807, 2.05) is 0 Å². The van der Waals surface area contributed by atoms with Crippen molar-refractivity contribution in [2.75, 3.05) is 11.9 Å². The minimum Gasteiger partial charge on any atom is -0.452 e. The van der Waals surface area contributed by atoms with Gasteiger partial charge in [0.15, 0.2) is 6.61 Å². The van der Waals surface area contributed by atoms with Crippen molar-refractivity contribution in [3.63, 3.8) is 0 Å². The topological polar surface area (TPSA) is 103 Å². The number of nitro benzene ring substituents is 1. The Hall–Kier alpha value is -3.89. The maximum Gasteiger partial charge on any atom is 0.416 e. The number of carbonyl (C=O) groups is 2. The fraction of sp³-hybridized carbons (Fsp3) is 0.158. The molecule has 156 valence electrons. The predicted molar refractivity (Wildman–Crippen MR) is 99.9 cm³/mol. The van der Waals surface area contributed by atoms with E-state index in [9.17, 15) is 32.9 Å². The molecule has 0 bridgehead atoms. The van der Waals surface area contributed by atoms with Crippen molar-refractivity contribution in [3.05, 3.63) is 69.9 Å². The highest BCUT2D eigenvalue weighted by Gasteiger charge is 2.33. The minimum atomic E-state index is -4.78. The van der Waals surface area contributed by atoms with Gasteiger partial charge in [-0.1, -0.05) is 18.2 Å². The normalized spacial score (nSPS) is 11.3. The van der Waals surface area contributed by atoms with Crippen LogP contribution >= 0.6 is 0 Å². The molecule has 0 unspecified atom stereocenters. The van der Waals surface area contributed by atoms with E-state index < -0.39 is 46.5 Å². The highest BCUT2D eigenvalue weighted by molar-refractivity contribution is 6.05. The Morgan fingerprint density at radius 2 is 1.90 bits per heavy atom. The molecule has 0 saturated carbocycles. The number of esters is 1. The molecule has 1 aromatic heterocycles. The lowest BCUT2D eigenvalue weighted by Gasteiger charge is -2.10. The van der Waals surface area contributed by atoms with Gasteiger partial charge in [-0.3, -0.25) is 14.9 Å². The molecule has 3 rings (SSSR count). The Bertz CT molecular complexity index is 1150. The number of carbonyl (C=O) groups excluding carboxylic acids is 2. The number of halogens is 3. The van der Waals surface area contributed by atoms with Crippen LogP contribution < -0.4 is 5.32 Å². The first-order valence-electron chi connectivity index (χ1n) is 8.44. The number of nitrogens with one attached hydrogen (secondary N) is 1. The maximum atomic E-state index is 12.7. The molecule has 0 saturated heterocycles. The van der Waals surface area contributed by atoms with Crippen molar-refractivity contribution in [3.8, 4) is 0 Å².